The molecule has 2 rings (SSSR count). The van der Waals surface area contributed by atoms with E-state index in [9.17, 15) is 0 Å². The third kappa shape index (κ3) is 2.95. The first-order chi connectivity index (χ1) is 8.58. The Hall–Kier alpha value is -1.69. The highest BCUT2D eigenvalue weighted by atomic mass is 35.5. The molecule has 1 unspecified atom stereocenters. The van der Waals surface area contributed by atoms with Crippen molar-refractivity contribution in [1.82, 2.24) is 20.1 Å². The molecule has 0 radical (unpaired) electrons. The van der Waals surface area contributed by atoms with Crippen molar-refractivity contribution in [2.45, 2.75) is 33.2 Å². The Bertz CT molecular complexity index is 522. The lowest BCUT2D eigenvalue weighted by Gasteiger charge is -2.14. The number of aryl methyl sites for hydroxylation is 2. The van der Waals surface area contributed by atoms with Gasteiger partial charge < -0.3 is 9.84 Å². The minimum Gasteiger partial charge on any atom is -0.360 e. The van der Waals surface area contributed by atoms with Crippen LogP contribution < -0.4 is 5.32 Å². The summed E-state index contributed by atoms with van der Waals surface area (Å²) in [5.41, 5.74) is 0. The van der Waals surface area contributed by atoms with E-state index in [1.54, 1.807) is 19.9 Å². The molecule has 2 heterocycles. The zero-order valence-corrected chi connectivity index (χ0v) is 11.2. The van der Waals surface area contributed by atoms with Crippen LogP contribution in [0.25, 0.3) is 0 Å². The Labute approximate surface area is 110 Å². The fraction of sp³-hybridized carbons (Fsp3) is 0.455. The van der Waals surface area contributed by atoms with Gasteiger partial charge in [-0.25, -0.2) is 9.97 Å². The van der Waals surface area contributed by atoms with E-state index in [1.807, 2.05) is 6.92 Å². The highest BCUT2D eigenvalue weighted by Gasteiger charge is 2.16. The smallest absolute Gasteiger partial charge is 0.223 e. The van der Waals surface area contributed by atoms with Crippen LogP contribution in [0, 0.1) is 13.8 Å². The van der Waals surface area contributed by atoms with E-state index < -0.39 is 0 Å². The highest BCUT2D eigenvalue weighted by molar-refractivity contribution is 6.29. The molecule has 0 amide bonds. The molecule has 0 spiro atoms. The second kappa shape index (κ2) is 5.30. The van der Waals surface area contributed by atoms with Crippen molar-refractivity contribution in [3.8, 4) is 0 Å². The number of halogens is 1. The topological polar surface area (TPSA) is 76.7 Å². The van der Waals surface area contributed by atoms with Crippen molar-refractivity contribution in [1.29, 1.82) is 0 Å². The molecule has 0 saturated carbocycles. The molecule has 2 aromatic heterocycles. The van der Waals surface area contributed by atoms with Gasteiger partial charge in [0.25, 0.3) is 0 Å². The average molecular weight is 268 g/mol. The molecule has 1 atom stereocenters. The standard InChI is InChI=1S/C11H14ClN5O/c1-4-8(11-15-7(3)18-17-11)16-10-5-9(12)13-6(2)14-10/h5,8H,4H2,1-3H3,(H,13,14,16). The Morgan fingerprint density at radius 2 is 2.11 bits per heavy atom. The lowest BCUT2D eigenvalue weighted by Crippen LogP contribution is -2.13. The Kier molecular flexibility index (Phi) is 3.76. The number of nitrogens with one attached hydrogen (secondary N) is 1. The van der Waals surface area contributed by atoms with Gasteiger partial charge >= 0.3 is 0 Å². The first-order valence-electron chi connectivity index (χ1n) is 5.66. The van der Waals surface area contributed by atoms with Gasteiger partial charge in [-0.3, -0.25) is 0 Å². The third-order valence-corrected chi connectivity index (χ3v) is 2.59. The molecule has 0 aliphatic heterocycles. The van der Waals surface area contributed by atoms with Gasteiger partial charge in [0, 0.05) is 13.0 Å². The fourth-order valence-corrected chi connectivity index (χ4v) is 1.82. The van der Waals surface area contributed by atoms with E-state index in [2.05, 4.69) is 25.4 Å². The van der Waals surface area contributed by atoms with Gasteiger partial charge in [-0.2, -0.15) is 4.98 Å². The van der Waals surface area contributed by atoms with Crippen LogP contribution in [-0.4, -0.2) is 20.1 Å². The number of aromatic nitrogens is 4. The molecule has 1 N–H and O–H groups in total. The van der Waals surface area contributed by atoms with Crippen LogP contribution in [0.2, 0.25) is 5.15 Å². The maximum atomic E-state index is 5.89. The Morgan fingerprint density at radius 3 is 2.67 bits per heavy atom. The molecule has 0 aliphatic rings. The van der Waals surface area contributed by atoms with Gasteiger partial charge in [0.1, 0.15) is 16.8 Å². The van der Waals surface area contributed by atoms with Crippen LogP contribution in [0.3, 0.4) is 0 Å². The summed E-state index contributed by atoms with van der Waals surface area (Å²) in [5.74, 6) is 2.43. The predicted molar refractivity (Wildman–Crippen MR) is 67.5 cm³/mol. The molecule has 0 aliphatic carbocycles. The molecule has 2 aromatic rings. The summed E-state index contributed by atoms with van der Waals surface area (Å²) in [5, 5.41) is 7.53. The molecule has 0 saturated heterocycles. The maximum Gasteiger partial charge on any atom is 0.223 e. The Balaban J connectivity index is 2.20. The van der Waals surface area contributed by atoms with Gasteiger partial charge in [0.05, 0.1) is 6.04 Å². The molecule has 7 heteroatoms. The molecular weight excluding hydrogens is 254 g/mol. The third-order valence-electron chi connectivity index (χ3n) is 2.39. The van der Waals surface area contributed by atoms with Gasteiger partial charge in [-0.15, -0.1) is 0 Å². The van der Waals surface area contributed by atoms with E-state index in [1.165, 1.54) is 0 Å². The molecule has 6 nitrogen and oxygen atoms in total. The summed E-state index contributed by atoms with van der Waals surface area (Å²) >= 11 is 5.89. The van der Waals surface area contributed by atoms with Crippen LogP contribution >= 0.6 is 11.6 Å². The van der Waals surface area contributed by atoms with E-state index in [-0.39, 0.29) is 6.04 Å². The average Bonchev–Trinajstić information content (AvgIpc) is 2.71. The van der Waals surface area contributed by atoms with Crippen LogP contribution in [0.1, 0.15) is 36.9 Å². The maximum absolute atomic E-state index is 5.89. The van der Waals surface area contributed by atoms with Crippen LogP contribution in [0.4, 0.5) is 5.82 Å². The quantitative estimate of drug-likeness (QED) is 0.858. The van der Waals surface area contributed by atoms with Crippen molar-refractivity contribution in [3.05, 3.63) is 28.8 Å². The fourth-order valence-electron chi connectivity index (χ4n) is 1.59. The predicted octanol–water partition coefficient (Wildman–Crippen LogP) is 2.69. The van der Waals surface area contributed by atoms with Crippen molar-refractivity contribution in [3.63, 3.8) is 0 Å². The minimum absolute atomic E-state index is 0.0622. The van der Waals surface area contributed by atoms with Crippen LogP contribution in [0.5, 0.6) is 0 Å². The lowest BCUT2D eigenvalue weighted by atomic mass is 10.2. The molecule has 18 heavy (non-hydrogen) atoms. The first kappa shape index (κ1) is 12.8. The second-order valence-corrected chi connectivity index (χ2v) is 4.29. The molecule has 96 valence electrons. The minimum atomic E-state index is -0.0622. The van der Waals surface area contributed by atoms with Crippen molar-refractivity contribution in [2.24, 2.45) is 0 Å². The summed E-state index contributed by atoms with van der Waals surface area (Å²) in [4.78, 5) is 12.5. The number of hydrogen-bond acceptors (Lipinski definition) is 6. The number of nitrogens with zero attached hydrogens (tertiary/aromatic N) is 4. The van der Waals surface area contributed by atoms with Crippen LogP contribution in [0.15, 0.2) is 10.6 Å². The van der Waals surface area contributed by atoms with Gasteiger partial charge in [0.2, 0.25) is 5.89 Å². The Morgan fingerprint density at radius 1 is 1.33 bits per heavy atom. The molecular formula is C11H14ClN5O. The van der Waals surface area contributed by atoms with Crippen molar-refractivity contribution in [2.75, 3.05) is 5.32 Å². The monoisotopic (exact) mass is 267 g/mol. The molecule has 0 fully saturated rings. The highest BCUT2D eigenvalue weighted by Crippen LogP contribution is 2.20. The second-order valence-electron chi connectivity index (χ2n) is 3.90. The van der Waals surface area contributed by atoms with Crippen molar-refractivity contribution < 1.29 is 4.52 Å². The molecule has 0 bridgehead atoms. The zero-order valence-electron chi connectivity index (χ0n) is 10.4. The van der Waals surface area contributed by atoms with Gasteiger partial charge in [-0.05, 0) is 13.3 Å². The van der Waals surface area contributed by atoms with E-state index >= 15 is 0 Å². The number of hydrogen-bond donors (Lipinski definition) is 1. The van der Waals surface area contributed by atoms with Gasteiger partial charge in [0.15, 0.2) is 5.82 Å². The van der Waals surface area contributed by atoms with Crippen molar-refractivity contribution >= 4 is 17.4 Å². The zero-order chi connectivity index (χ0) is 13.1. The van der Waals surface area contributed by atoms with E-state index in [0.29, 0.717) is 28.5 Å². The summed E-state index contributed by atoms with van der Waals surface area (Å²) in [7, 11) is 0. The first-order valence-corrected chi connectivity index (χ1v) is 6.04. The SMILES string of the molecule is CCC(Nc1cc(Cl)nc(C)n1)c1noc(C)n1. The number of rotatable bonds is 4. The number of anilines is 1. The lowest BCUT2D eigenvalue weighted by molar-refractivity contribution is 0.384. The summed E-state index contributed by atoms with van der Waals surface area (Å²) in [6, 6.07) is 1.61. The summed E-state index contributed by atoms with van der Waals surface area (Å²) in [6.07, 6.45) is 0.805. The van der Waals surface area contributed by atoms with E-state index in [0.717, 1.165) is 6.42 Å². The van der Waals surface area contributed by atoms with Gasteiger partial charge in [-0.1, -0.05) is 23.7 Å². The summed E-state index contributed by atoms with van der Waals surface area (Å²) < 4.78 is 4.97. The van der Waals surface area contributed by atoms with Crippen LogP contribution in [-0.2, 0) is 0 Å². The largest absolute Gasteiger partial charge is 0.360 e. The summed E-state index contributed by atoms with van der Waals surface area (Å²) in [6.45, 7) is 5.57. The normalized spacial score (nSPS) is 12.4. The molecule has 0 aromatic carbocycles. The van der Waals surface area contributed by atoms with E-state index in [4.69, 9.17) is 16.1 Å².